The van der Waals surface area contributed by atoms with Gasteiger partial charge in [0.1, 0.15) is 18.3 Å². The van der Waals surface area contributed by atoms with Gasteiger partial charge in [0, 0.05) is 17.6 Å². The van der Waals surface area contributed by atoms with E-state index in [0.29, 0.717) is 16.3 Å². The fourth-order valence-electron chi connectivity index (χ4n) is 5.03. The fourth-order valence-corrected chi connectivity index (χ4v) is 6.67. The molecule has 41 heavy (non-hydrogen) atoms. The van der Waals surface area contributed by atoms with Gasteiger partial charge in [-0.1, -0.05) is 79.4 Å². The lowest BCUT2D eigenvalue weighted by Crippen LogP contribution is -2.53. The number of methoxy groups -OCH3 is 1. The van der Waals surface area contributed by atoms with E-state index in [1.165, 1.54) is 24.1 Å². The van der Waals surface area contributed by atoms with Crippen molar-refractivity contribution in [3.8, 4) is 5.75 Å². The van der Waals surface area contributed by atoms with Gasteiger partial charge in [0.2, 0.25) is 11.8 Å². The van der Waals surface area contributed by atoms with Gasteiger partial charge < -0.3 is 15.0 Å². The van der Waals surface area contributed by atoms with Crippen LogP contribution < -0.4 is 14.4 Å². The molecule has 1 fully saturated rings. The molecule has 3 aromatic rings. The quantitative estimate of drug-likeness (QED) is 0.319. The molecule has 0 heterocycles. The molecule has 0 unspecified atom stereocenters. The van der Waals surface area contributed by atoms with Crippen molar-refractivity contribution in [1.29, 1.82) is 0 Å². The second-order valence-corrected chi connectivity index (χ2v) is 12.4. The molecule has 0 bridgehead atoms. The highest BCUT2D eigenvalue weighted by atomic mass is 35.5. The zero-order valence-corrected chi connectivity index (χ0v) is 24.9. The van der Waals surface area contributed by atoms with Crippen molar-refractivity contribution < 1.29 is 22.7 Å². The van der Waals surface area contributed by atoms with Gasteiger partial charge in [0.05, 0.1) is 17.7 Å². The Morgan fingerprint density at radius 2 is 1.59 bits per heavy atom. The standard InChI is InChI=1S/C31H36ClN3O5S/c1-23(31(37)33-25-14-5-3-6-15-25)34(21-24-13-9-10-18-27(24)32)30(36)22-35(28-19-11-12-20-29(28)40-2)41(38,39)26-16-7-4-8-17-26/h4,7-13,16-20,23,25H,3,5-6,14-15,21-22H2,1-2H3,(H,33,37)/t23-/m0/s1. The Balaban J connectivity index is 1.70. The monoisotopic (exact) mass is 597 g/mol. The maximum absolute atomic E-state index is 14.1. The summed E-state index contributed by atoms with van der Waals surface area (Å²) in [6, 6.07) is 20.8. The van der Waals surface area contributed by atoms with Gasteiger partial charge in [-0.15, -0.1) is 0 Å². The predicted molar refractivity (Wildman–Crippen MR) is 160 cm³/mol. The molecule has 0 spiro atoms. The molecule has 4 rings (SSSR count). The van der Waals surface area contributed by atoms with Gasteiger partial charge in [-0.05, 0) is 55.7 Å². The Bertz CT molecular complexity index is 1440. The number of anilines is 1. The van der Waals surface area contributed by atoms with E-state index in [4.69, 9.17) is 16.3 Å². The van der Waals surface area contributed by atoms with Gasteiger partial charge in [-0.25, -0.2) is 8.42 Å². The highest BCUT2D eigenvalue weighted by Gasteiger charge is 2.34. The summed E-state index contributed by atoms with van der Waals surface area (Å²) in [4.78, 5) is 28.9. The first kappa shape index (κ1) is 30.4. The number of sulfonamides is 1. The number of amides is 2. The smallest absolute Gasteiger partial charge is 0.264 e. The van der Waals surface area contributed by atoms with Gasteiger partial charge in [0.15, 0.2) is 0 Å². The Morgan fingerprint density at radius 1 is 0.951 bits per heavy atom. The van der Waals surface area contributed by atoms with Crippen molar-refractivity contribution in [2.45, 2.75) is 62.6 Å². The number of nitrogens with zero attached hydrogens (tertiary/aromatic N) is 2. The summed E-state index contributed by atoms with van der Waals surface area (Å²) in [7, 11) is -2.75. The SMILES string of the molecule is COc1ccccc1N(CC(=O)N(Cc1ccccc1Cl)[C@@H](C)C(=O)NC1CCCCC1)S(=O)(=O)c1ccccc1. The molecule has 3 aromatic carbocycles. The summed E-state index contributed by atoms with van der Waals surface area (Å²) in [6.45, 7) is 1.14. The Labute approximate surface area is 247 Å². The lowest BCUT2D eigenvalue weighted by atomic mass is 9.95. The number of nitrogens with one attached hydrogen (secondary N) is 1. The second-order valence-electron chi connectivity index (χ2n) is 10.1. The number of halogens is 1. The van der Waals surface area contributed by atoms with Gasteiger partial charge in [-0.2, -0.15) is 0 Å². The summed E-state index contributed by atoms with van der Waals surface area (Å²) < 4.78 is 34.4. The summed E-state index contributed by atoms with van der Waals surface area (Å²) in [5.74, 6) is -0.547. The summed E-state index contributed by atoms with van der Waals surface area (Å²) in [6.07, 6.45) is 5.04. The van der Waals surface area contributed by atoms with Crippen molar-refractivity contribution in [2.24, 2.45) is 0 Å². The van der Waals surface area contributed by atoms with E-state index in [1.807, 2.05) is 0 Å². The van der Waals surface area contributed by atoms with Crippen LogP contribution in [0.15, 0.2) is 83.8 Å². The predicted octanol–water partition coefficient (Wildman–Crippen LogP) is 5.41. The van der Waals surface area contributed by atoms with Crippen LogP contribution in [0.25, 0.3) is 0 Å². The third-order valence-corrected chi connectivity index (χ3v) is 9.52. The minimum atomic E-state index is -4.19. The number of hydrogen-bond donors (Lipinski definition) is 1. The van der Waals surface area contributed by atoms with Crippen LogP contribution in [-0.2, 0) is 26.2 Å². The van der Waals surface area contributed by atoms with E-state index in [9.17, 15) is 18.0 Å². The molecule has 1 aliphatic carbocycles. The zero-order valence-electron chi connectivity index (χ0n) is 23.3. The number of ether oxygens (including phenoxy) is 1. The summed E-state index contributed by atoms with van der Waals surface area (Å²) >= 11 is 6.45. The Hall–Kier alpha value is -3.56. The molecule has 10 heteroatoms. The van der Waals surface area contributed by atoms with E-state index in [1.54, 1.807) is 73.7 Å². The molecule has 1 N–H and O–H groups in total. The van der Waals surface area contributed by atoms with Crippen molar-refractivity contribution in [1.82, 2.24) is 10.2 Å². The first-order chi connectivity index (χ1) is 19.7. The Morgan fingerprint density at radius 3 is 2.27 bits per heavy atom. The number of benzene rings is 3. The van der Waals surface area contributed by atoms with Crippen molar-refractivity contribution in [3.63, 3.8) is 0 Å². The number of carbonyl (C=O) groups excluding carboxylic acids is 2. The van der Waals surface area contributed by atoms with Crippen LogP contribution in [0.3, 0.4) is 0 Å². The van der Waals surface area contributed by atoms with E-state index < -0.39 is 28.5 Å². The molecular formula is C31H36ClN3O5S. The first-order valence-corrected chi connectivity index (χ1v) is 15.6. The van der Waals surface area contributed by atoms with Crippen LogP contribution >= 0.6 is 11.6 Å². The lowest BCUT2D eigenvalue weighted by Gasteiger charge is -2.33. The molecule has 1 atom stereocenters. The fraction of sp³-hybridized carbons (Fsp3) is 0.355. The van der Waals surface area contributed by atoms with E-state index in [2.05, 4.69) is 5.32 Å². The molecule has 0 radical (unpaired) electrons. The van der Waals surface area contributed by atoms with Gasteiger partial charge >= 0.3 is 0 Å². The maximum Gasteiger partial charge on any atom is 0.264 e. The number of carbonyl (C=O) groups is 2. The molecular weight excluding hydrogens is 562 g/mol. The van der Waals surface area contributed by atoms with Crippen LogP contribution in [0.2, 0.25) is 5.02 Å². The van der Waals surface area contributed by atoms with Gasteiger partial charge in [0.25, 0.3) is 10.0 Å². The first-order valence-electron chi connectivity index (χ1n) is 13.8. The largest absolute Gasteiger partial charge is 0.495 e. The van der Waals surface area contributed by atoms with Crippen molar-refractivity contribution >= 4 is 39.1 Å². The number of para-hydroxylation sites is 2. The average Bonchev–Trinajstić information content (AvgIpc) is 3.00. The normalized spacial score (nSPS) is 14.6. The molecule has 218 valence electrons. The minimum absolute atomic E-state index is 0.0273. The molecule has 2 amide bonds. The molecule has 1 aliphatic rings. The van der Waals surface area contributed by atoms with Crippen LogP contribution in [0.4, 0.5) is 5.69 Å². The molecule has 8 nitrogen and oxygen atoms in total. The van der Waals surface area contributed by atoms with Crippen LogP contribution in [0.5, 0.6) is 5.75 Å². The lowest BCUT2D eigenvalue weighted by molar-refractivity contribution is -0.139. The van der Waals surface area contributed by atoms with Crippen LogP contribution in [0.1, 0.15) is 44.6 Å². The highest BCUT2D eigenvalue weighted by Crippen LogP contribution is 2.32. The third-order valence-electron chi connectivity index (χ3n) is 7.38. The second kappa shape index (κ2) is 13.9. The topological polar surface area (TPSA) is 96.0 Å². The molecule has 0 aromatic heterocycles. The molecule has 1 saturated carbocycles. The third kappa shape index (κ3) is 7.40. The number of rotatable bonds is 11. The Kier molecular flexibility index (Phi) is 10.3. The average molecular weight is 598 g/mol. The van der Waals surface area contributed by atoms with Crippen LogP contribution in [-0.4, -0.2) is 50.9 Å². The van der Waals surface area contributed by atoms with Crippen molar-refractivity contribution in [3.05, 3.63) is 89.4 Å². The minimum Gasteiger partial charge on any atom is -0.495 e. The number of hydrogen-bond acceptors (Lipinski definition) is 5. The van der Waals surface area contributed by atoms with E-state index in [0.717, 1.165) is 36.4 Å². The highest BCUT2D eigenvalue weighted by molar-refractivity contribution is 7.92. The molecule has 0 aliphatic heterocycles. The van der Waals surface area contributed by atoms with E-state index in [-0.39, 0.29) is 29.1 Å². The summed E-state index contributed by atoms with van der Waals surface area (Å²) in [5.41, 5.74) is 0.860. The van der Waals surface area contributed by atoms with Gasteiger partial charge in [-0.3, -0.25) is 13.9 Å². The maximum atomic E-state index is 14.1. The van der Waals surface area contributed by atoms with Crippen molar-refractivity contribution in [2.75, 3.05) is 18.0 Å². The summed E-state index contributed by atoms with van der Waals surface area (Å²) in [5, 5.41) is 3.54. The van der Waals surface area contributed by atoms with Crippen LogP contribution in [0, 0.1) is 0 Å². The molecule has 0 saturated heterocycles. The zero-order chi connectivity index (χ0) is 29.4. The van der Waals surface area contributed by atoms with E-state index >= 15 is 0 Å².